The van der Waals surface area contributed by atoms with Crippen LogP contribution in [0.3, 0.4) is 0 Å². The van der Waals surface area contributed by atoms with Gasteiger partial charge in [0, 0.05) is 6.04 Å². The molecule has 0 bridgehead atoms. The normalized spacial score (nSPS) is 21.4. The average molecular weight is 227 g/mol. The quantitative estimate of drug-likeness (QED) is 0.291. The summed E-state index contributed by atoms with van der Waals surface area (Å²) in [6, 6.07) is 0.0453. The Balaban J connectivity index is 2.68. The van der Waals surface area contributed by atoms with E-state index < -0.39 is 5.41 Å². The van der Waals surface area contributed by atoms with Gasteiger partial charge in [0.1, 0.15) is 5.41 Å². The molecule has 1 amide bonds. The average Bonchev–Trinajstić information content (AvgIpc) is 2.95. The number of rotatable bonds is 3. The second-order valence-corrected chi connectivity index (χ2v) is 5.63. The first-order chi connectivity index (χ1) is 7.24. The molecule has 1 fully saturated rings. The summed E-state index contributed by atoms with van der Waals surface area (Å²) >= 11 is 0. The fourth-order valence-electron chi connectivity index (χ4n) is 1.37. The van der Waals surface area contributed by atoms with Crippen LogP contribution in [0, 0.1) is 10.8 Å². The van der Waals surface area contributed by atoms with Crippen LogP contribution >= 0.6 is 0 Å². The maximum atomic E-state index is 12.0. The molecular weight excluding hydrogens is 206 g/mol. The number of oxime groups is 1. The highest BCUT2D eigenvalue weighted by Crippen LogP contribution is 2.46. The molecule has 1 aliphatic rings. The van der Waals surface area contributed by atoms with E-state index in [9.17, 15) is 4.79 Å². The van der Waals surface area contributed by atoms with Crippen LogP contribution in [0.1, 0.15) is 40.5 Å². The molecule has 0 aromatic carbocycles. The molecule has 0 heterocycles. The van der Waals surface area contributed by atoms with E-state index in [1.54, 1.807) is 0 Å². The Labute approximate surface area is 96.1 Å². The summed E-state index contributed by atoms with van der Waals surface area (Å²) in [5.74, 6) is -0.115. The van der Waals surface area contributed by atoms with Gasteiger partial charge >= 0.3 is 0 Å². The van der Waals surface area contributed by atoms with E-state index >= 15 is 0 Å². The van der Waals surface area contributed by atoms with Gasteiger partial charge in [-0.1, -0.05) is 25.9 Å². The van der Waals surface area contributed by atoms with Crippen molar-refractivity contribution in [3.8, 4) is 0 Å². The molecule has 92 valence electrons. The van der Waals surface area contributed by atoms with Crippen molar-refractivity contribution in [2.24, 2.45) is 21.7 Å². The van der Waals surface area contributed by atoms with Crippen LogP contribution in [0.5, 0.6) is 0 Å². The lowest BCUT2D eigenvalue weighted by atomic mass is 9.87. The molecule has 0 spiro atoms. The second kappa shape index (κ2) is 3.96. The smallest absolute Gasteiger partial charge is 0.234 e. The van der Waals surface area contributed by atoms with Gasteiger partial charge in [-0.3, -0.25) is 4.79 Å². The number of carbonyl (C=O) groups excluding carboxylic acids is 1. The molecule has 5 heteroatoms. The van der Waals surface area contributed by atoms with Crippen molar-refractivity contribution in [1.82, 2.24) is 5.32 Å². The number of hydrogen-bond donors (Lipinski definition) is 3. The first-order valence-corrected chi connectivity index (χ1v) is 5.53. The summed E-state index contributed by atoms with van der Waals surface area (Å²) in [6.07, 6.45) is 1.32. The number of hydrogen-bond acceptors (Lipinski definition) is 3. The van der Waals surface area contributed by atoms with Crippen LogP contribution in [0.4, 0.5) is 0 Å². The first kappa shape index (κ1) is 12.8. The third-order valence-electron chi connectivity index (χ3n) is 3.43. The SMILES string of the molecule is CC(NC(=O)C1(C(N)=NO)CC1)C(C)(C)C. The number of amidine groups is 1. The zero-order valence-electron chi connectivity index (χ0n) is 10.4. The maximum Gasteiger partial charge on any atom is 0.234 e. The maximum absolute atomic E-state index is 12.0. The molecule has 1 aliphatic carbocycles. The third kappa shape index (κ3) is 2.28. The topological polar surface area (TPSA) is 87.7 Å². The number of carbonyl (C=O) groups is 1. The Morgan fingerprint density at radius 3 is 2.31 bits per heavy atom. The fourth-order valence-corrected chi connectivity index (χ4v) is 1.37. The summed E-state index contributed by atoms with van der Waals surface area (Å²) in [5, 5.41) is 14.5. The monoisotopic (exact) mass is 227 g/mol. The number of nitrogens with one attached hydrogen (secondary N) is 1. The Hall–Kier alpha value is -1.26. The van der Waals surface area contributed by atoms with Gasteiger partial charge < -0.3 is 16.3 Å². The molecule has 1 unspecified atom stereocenters. The number of nitrogens with zero attached hydrogens (tertiary/aromatic N) is 1. The molecule has 4 N–H and O–H groups in total. The Kier molecular flexibility index (Phi) is 3.17. The van der Waals surface area contributed by atoms with E-state index in [0.29, 0.717) is 12.8 Å². The van der Waals surface area contributed by atoms with Gasteiger partial charge in [-0.25, -0.2) is 0 Å². The van der Waals surface area contributed by atoms with Gasteiger partial charge in [0.25, 0.3) is 0 Å². The molecule has 1 atom stereocenters. The Morgan fingerprint density at radius 2 is 2.00 bits per heavy atom. The summed E-state index contributed by atoms with van der Waals surface area (Å²) in [6.45, 7) is 8.13. The van der Waals surface area contributed by atoms with E-state index in [1.165, 1.54) is 0 Å². The minimum absolute atomic E-state index is 0.00312. The molecule has 5 nitrogen and oxygen atoms in total. The van der Waals surface area contributed by atoms with Gasteiger partial charge in [-0.05, 0) is 25.2 Å². The van der Waals surface area contributed by atoms with Gasteiger partial charge in [0.05, 0.1) is 0 Å². The highest BCUT2D eigenvalue weighted by Gasteiger charge is 2.54. The van der Waals surface area contributed by atoms with Crippen LogP contribution in [-0.4, -0.2) is 23.0 Å². The van der Waals surface area contributed by atoms with Crippen LogP contribution in [0.25, 0.3) is 0 Å². The van der Waals surface area contributed by atoms with E-state index in [-0.39, 0.29) is 23.2 Å². The van der Waals surface area contributed by atoms with E-state index in [2.05, 4.69) is 31.2 Å². The molecule has 1 saturated carbocycles. The fraction of sp³-hybridized carbons (Fsp3) is 0.818. The summed E-state index contributed by atoms with van der Waals surface area (Å²) < 4.78 is 0. The minimum atomic E-state index is -0.756. The van der Waals surface area contributed by atoms with Crippen LogP contribution in [0.2, 0.25) is 0 Å². The lowest BCUT2D eigenvalue weighted by Gasteiger charge is -2.29. The predicted molar refractivity (Wildman–Crippen MR) is 62.1 cm³/mol. The van der Waals surface area contributed by atoms with Crippen LogP contribution in [0.15, 0.2) is 5.16 Å². The van der Waals surface area contributed by atoms with Gasteiger partial charge in [-0.15, -0.1) is 0 Å². The number of amides is 1. The van der Waals surface area contributed by atoms with E-state index in [0.717, 1.165) is 0 Å². The van der Waals surface area contributed by atoms with Crippen molar-refractivity contribution in [1.29, 1.82) is 0 Å². The molecular formula is C11H21N3O2. The molecule has 0 aromatic heterocycles. The molecule has 0 aliphatic heterocycles. The van der Waals surface area contributed by atoms with E-state index in [1.807, 2.05) is 6.92 Å². The van der Waals surface area contributed by atoms with Gasteiger partial charge in [0.2, 0.25) is 5.91 Å². The molecule has 0 aromatic rings. The lowest BCUT2D eigenvalue weighted by molar-refractivity contribution is -0.125. The molecule has 0 radical (unpaired) electrons. The molecule has 16 heavy (non-hydrogen) atoms. The van der Waals surface area contributed by atoms with Crippen molar-refractivity contribution in [2.75, 3.05) is 0 Å². The zero-order valence-corrected chi connectivity index (χ0v) is 10.4. The van der Waals surface area contributed by atoms with Gasteiger partial charge in [0.15, 0.2) is 5.84 Å². The Morgan fingerprint density at radius 1 is 1.50 bits per heavy atom. The number of nitrogens with two attached hydrogens (primary N) is 1. The van der Waals surface area contributed by atoms with Crippen molar-refractivity contribution >= 4 is 11.7 Å². The molecule has 1 rings (SSSR count). The largest absolute Gasteiger partial charge is 0.409 e. The van der Waals surface area contributed by atoms with Crippen molar-refractivity contribution in [3.05, 3.63) is 0 Å². The summed E-state index contributed by atoms with van der Waals surface area (Å²) in [5.41, 5.74) is 4.78. The standard InChI is InChI=1S/C11H21N3O2/c1-7(10(2,3)4)13-9(15)11(5-6-11)8(12)14-16/h7,16H,5-6H2,1-4H3,(H2,12,14)(H,13,15). The van der Waals surface area contributed by atoms with Crippen LogP contribution < -0.4 is 11.1 Å². The summed E-state index contributed by atoms with van der Waals surface area (Å²) in [4.78, 5) is 12.0. The highest BCUT2D eigenvalue weighted by atomic mass is 16.4. The third-order valence-corrected chi connectivity index (χ3v) is 3.43. The lowest BCUT2D eigenvalue weighted by Crippen LogP contribution is -2.48. The van der Waals surface area contributed by atoms with Crippen molar-refractivity contribution in [2.45, 2.75) is 46.6 Å². The summed E-state index contributed by atoms with van der Waals surface area (Å²) in [7, 11) is 0. The Bertz CT molecular complexity index is 314. The first-order valence-electron chi connectivity index (χ1n) is 5.53. The highest BCUT2D eigenvalue weighted by molar-refractivity contribution is 6.09. The van der Waals surface area contributed by atoms with Crippen molar-refractivity contribution in [3.63, 3.8) is 0 Å². The van der Waals surface area contributed by atoms with E-state index in [4.69, 9.17) is 10.9 Å². The van der Waals surface area contributed by atoms with Crippen molar-refractivity contribution < 1.29 is 10.0 Å². The molecule has 0 saturated heterocycles. The zero-order chi connectivity index (χ0) is 12.6. The predicted octanol–water partition coefficient (Wildman–Crippen LogP) is 1.06. The van der Waals surface area contributed by atoms with Crippen LogP contribution in [-0.2, 0) is 4.79 Å². The van der Waals surface area contributed by atoms with Gasteiger partial charge in [-0.2, -0.15) is 0 Å². The second-order valence-electron chi connectivity index (χ2n) is 5.63. The minimum Gasteiger partial charge on any atom is -0.409 e.